The third-order valence-corrected chi connectivity index (χ3v) is 7.49. The van der Waals surface area contributed by atoms with Crippen LogP contribution in [0.3, 0.4) is 0 Å². The Kier molecular flexibility index (Phi) is 8.14. The molecule has 0 saturated carbocycles. The zero-order chi connectivity index (χ0) is 30.5. The van der Waals surface area contributed by atoms with E-state index in [4.69, 9.17) is 19.4 Å². The van der Waals surface area contributed by atoms with Gasteiger partial charge in [-0.15, -0.1) is 0 Å². The van der Waals surface area contributed by atoms with Gasteiger partial charge in [0.25, 0.3) is 0 Å². The highest BCUT2D eigenvalue weighted by atomic mass is 79.9. The van der Waals surface area contributed by atoms with Crippen LogP contribution in [0.4, 0.5) is 0 Å². The fourth-order valence-corrected chi connectivity index (χ4v) is 5.21. The molecule has 6 nitrogen and oxygen atoms in total. The van der Waals surface area contributed by atoms with Gasteiger partial charge in [-0.1, -0.05) is 42.5 Å². The van der Waals surface area contributed by atoms with E-state index in [0.717, 1.165) is 65.3 Å². The summed E-state index contributed by atoms with van der Waals surface area (Å²) in [5.74, 6) is 0. The van der Waals surface area contributed by atoms with Gasteiger partial charge in [0.05, 0.1) is 29.0 Å². The Morgan fingerprint density at radius 1 is 0.591 bits per heavy atom. The number of rotatable bonds is 1. The van der Waals surface area contributed by atoms with E-state index in [9.17, 15) is 0 Å². The maximum atomic E-state index is 9.05. The Labute approximate surface area is 261 Å². The highest BCUT2D eigenvalue weighted by Gasteiger charge is 2.13. The minimum absolute atomic E-state index is 0.633. The van der Waals surface area contributed by atoms with Crippen molar-refractivity contribution in [2.45, 2.75) is 6.92 Å². The number of furan rings is 2. The molecule has 0 saturated heterocycles. The summed E-state index contributed by atoms with van der Waals surface area (Å²) in [5, 5.41) is 22.0. The van der Waals surface area contributed by atoms with E-state index < -0.39 is 0 Å². The largest absolute Gasteiger partial charge is 0.456 e. The number of benzene rings is 4. The predicted octanol–water partition coefficient (Wildman–Crippen LogP) is 10.1. The lowest BCUT2D eigenvalue weighted by Crippen LogP contribution is -1.82. The fraction of sp³-hybridized carbons (Fsp3) is 0.0270. The summed E-state index contributed by atoms with van der Waals surface area (Å²) in [6.45, 7) is 2.02. The second kappa shape index (κ2) is 12.6. The van der Waals surface area contributed by atoms with Gasteiger partial charge in [0.1, 0.15) is 26.9 Å². The standard InChI is InChI=1S/C18H10N2O.C14H9NO.C5H4BrN/c19-11-12-7-8-17-15(10-12)13-4-3-5-14(18(13)21-17)16-6-1-2-9-20-16;1-9-3-2-4-11-12-7-10(8-15)5-6-13(12)16-14(9)11;6-5-3-1-2-4-7-5/h1-10H;2-7H,1H3;1-4H. The molecular weight excluding hydrogens is 612 g/mol. The SMILES string of the molecule is Brc1ccccn1.Cc1cccc2c1oc1ccc(C#N)cc12.N#Cc1ccc2oc3c(-c4ccccn4)cccc3c2c1. The zero-order valence-corrected chi connectivity index (χ0v) is 25.1. The van der Waals surface area contributed by atoms with E-state index in [1.165, 1.54) is 0 Å². The molecule has 0 atom stereocenters. The molecule has 0 amide bonds. The highest BCUT2D eigenvalue weighted by Crippen LogP contribution is 2.35. The van der Waals surface area contributed by atoms with Crippen molar-refractivity contribution in [2.75, 3.05) is 0 Å². The average Bonchev–Trinajstić information content (AvgIpc) is 3.64. The molecule has 0 unspecified atom stereocenters. The van der Waals surface area contributed by atoms with Crippen LogP contribution in [0.25, 0.3) is 55.1 Å². The van der Waals surface area contributed by atoms with E-state index in [1.807, 2.05) is 104 Å². The van der Waals surface area contributed by atoms with Crippen molar-refractivity contribution in [3.05, 3.63) is 143 Å². The number of fused-ring (bicyclic) bond motifs is 6. The topological polar surface area (TPSA) is 99.6 Å². The van der Waals surface area contributed by atoms with Crippen LogP contribution in [-0.4, -0.2) is 9.97 Å². The van der Waals surface area contributed by atoms with Crippen LogP contribution >= 0.6 is 15.9 Å². The van der Waals surface area contributed by atoms with Crippen molar-refractivity contribution in [1.29, 1.82) is 10.5 Å². The molecule has 44 heavy (non-hydrogen) atoms. The van der Waals surface area contributed by atoms with Crippen molar-refractivity contribution in [2.24, 2.45) is 0 Å². The van der Waals surface area contributed by atoms with Crippen LogP contribution in [0, 0.1) is 29.6 Å². The predicted molar refractivity (Wildman–Crippen MR) is 177 cm³/mol. The molecule has 4 aromatic heterocycles. The van der Waals surface area contributed by atoms with Crippen molar-refractivity contribution in [1.82, 2.24) is 9.97 Å². The third kappa shape index (κ3) is 5.78. The summed E-state index contributed by atoms with van der Waals surface area (Å²) in [6, 6.07) is 38.8. The molecule has 0 fully saturated rings. The lowest BCUT2D eigenvalue weighted by atomic mass is 10.1. The molecule has 0 bridgehead atoms. The molecule has 0 aliphatic rings. The maximum absolute atomic E-state index is 9.05. The van der Waals surface area contributed by atoms with E-state index in [2.05, 4.69) is 38.0 Å². The molecule has 210 valence electrons. The van der Waals surface area contributed by atoms with Gasteiger partial charge < -0.3 is 8.83 Å². The molecule has 4 heterocycles. The number of halogens is 1. The van der Waals surface area contributed by atoms with E-state index >= 15 is 0 Å². The lowest BCUT2D eigenvalue weighted by molar-refractivity contribution is 0.666. The Hall–Kier alpha value is -5.76. The molecular formula is C37H23BrN4O2. The molecule has 0 radical (unpaired) electrons. The minimum Gasteiger partial charge on any atom is -0.456 e. The summed E-state index contributed by atoms with van der Waals surface area (Å²) in [7, 11) is 0. The Morgan fingerprint density at radius 3 is 1.73 bits per heavy atom. The van der Waals surface area contributed by atoms with Crippen LogP contribution < -0.4 is 0 Å². The Bertz CT molecular complexity index is 2330. The maximum Gasteiger partial charge on any atom is 0.144 e. The average molecular weight is 636 g/mol. The van der Waals surface area contributed by atoms with E-state index in [0.29, 0.717) is 11.1 Å². The van der Waals surface area contributed by atoms with Crippen LogP contribution in [-0.2, 0) is 0 Å². The summed E-state index contributed by atoms with van der Waals surface area (Å²) in [4.78, 5) is 8.29. The van der Waals surface area contributed by atoms with Crippen LogP contribution in [0.15, 0.2) is 135 Å². The molecule has 0 N–H and O–H groups in total. The van der Waals surface area contributed by atoms with Gasteiger partial charge in [-0.05, 0) is 95.1 Å². The molecule has 0 aliphatic heterocycles. The summed E-state index contributed by atoms with van der Waals surface area (Å²) in [6.07, 6.45) is 3.51. The lowest BCUT2D eigenvalue weighted by Gasteiger charge is -2.00. The normalized spacial score (nSPS) is 10.5. The Morgan fingerprint density at radius 2 is 1.18 bits per heavy atom. The van der Waals surface area contributed by atoms with Gasteiger partial charge in [0.2, 0.25) is 0 Å². The molecule has 0 spiro atoms. The summed E-state index contributed by atoms with van der Waals surface area (Å²) in [5.41, 5.74) is 7.59. The van der Waals surface area contributed by atoms with Crippen LogP contribution in [0.2, 0.25) is 0 Å². The van der Waals surface area contributed by atoms with Crippen molar-refractivity contribution in [3.8, 4) is 23.4 Å². The number of hydrogen-bond donors (Lipinski definition) is 0. The number of nitriles is 2. The molecule has 7 heteroatoms. The van der Waals surface area contributed by atoms with Gasteiger partial charge in [0.15, 0.2) is 0 Å². The zero-order valence-electron chi connectivity index (χ0n) is 23.5. The number of nitrogens with zero attached hydrogens (tertiary/aromatic N) is 4. The second-order valence-electron chi connectivity index (χ2n) is 9.85. The summed E-state index contributed by atoms with van der Waals surface area (Å²) >= 11 is 3.20. The highest BCUT2D eigenvalue weighted by molar-refractivity contribution is 9.10. The number of pyridine rings is 2. The number of aromatic nitrogens is 2. The van der Waals surface area contributed by atoms with Crippen LogP contribution in [0.1, 0.15) is 16.7 Å². The van der Waals surface area contributed by atoms with Crippen LogP contribution in [0.5, 0.6) is 0 Å². The van der Waals surface area contributed by atoms with Gasteiger partial charge in [0, 0.05) is 39.5 Å². The van der Waals surface area contributed by atoms with Gasteiger partial charge in [-0.25, -0.2) is 4.98 Å². The molecule has 8 aromatic rings. The third-order valence-electron chi connectivity index (χ3n) is 7.02. The van der Waals surface area contributed by atoms with Crippen molar-refractivity contribution < 1.29 is 8.83 Å². The molecule has 8 rings (SSSR count). The Balaban J connectivity index is 0.000000131. The summed E-state index contributed by atoms with van der Waals surface area (Å²) < 4.78 is 12.6. The number of hydrogen-bond acceptors (Lipinski definition) is 6. The smallest absolute Gasteiger partial charge is 0.144 e. The second-order valence-corrected chi connectivity index (χ2v) is 10.7. The van der Waals surface area contributed by atoms with E-state index in [-0.39, 0.29) is 0 Å². The number of aryl methyl sites for hydroxylation is 1. The minimum atomic E-state index is 0.633. The quantitative estimate of drug-likeness (QED) is 0.167. The first kappa shape index (κ1) is 28.4. The van der Waals surface area contributed by atoms with Gasteiger partial charge in [-0.2, -0.15) is 10.5 Å². The first-order valence-electron chi connectivity index (χ1n) is 13.7. The molecule has 0 aliphatic carbocycles. The van der Waals surface area contributed by atoms with Crippen molar-refractivity contribution >= 4 is 59.8 Å². The monoisotopic (exact) mass is 634 g/mol. The first-order valence-corrected chi connectivity index (χ1v) is 14.5. The van der Waals surface area contributed by atoms with Gasteiger partial charge >= 0.3 is 0 Å². The molecule has 4 aromatic carbocycles. The van der Waals surface area contributed by atoms with Crippen molar-refractivity contribution in [3.63, 3.8) is 0 Å². The van der Waals surface area contributed by atoms with E-state index in [1.54, 1.807) is 24.5 Å². The first-order chi connectivity index (χ1) is 21.6. The van der Waals surface area contributed by atoms with Gasteiger partial charge in [-0.3, -0.25) is 4.98 Å². The number of para-hydroxylation sites is 2. The fourth-order valence-electron chi connectivity index (χ4n) is 4.94.